The number of piperidine rings is 1. The number of hydrogen-bond donors (Lipinski definition) is 3. The summed E-state index contributed by atoms with van der Waals surface area (Å²) < 4.78 is 12.8. The van der Waals surface area contributed by atoms with Crippen LogP contribution in [0.5, 0.6) is 0 Å². The van der Waals surface area contributed by atoms with Crippen LogP contribution in [0.3, 0.4) is 0 Å². The van der Waals surface area contributed by atoms with Crippen LogP contribution >= 0.6 is 0 Å². The smallest absolute Gasteiger partial charge is 0.251 e. The molecule has 0 radical (unpaired) electrons. The number of halogens is 1. The van der Waals surface area contributed by atoms with Crippen molar-refractivity contribution >= 4 is 11.8 Å². The van der Waals surface area contributed by atoms with Gasteiger partial charge in [-0.1, -0.05) is 0 Å². The van der Waals surface area contributed by atoms with E-state index in [1.165, 1.54) is 24.3 Å². The van der Waals surface area contributed by atoms with Gasteiger partial charge in [0.25, 0.3) is 5.91 Å². The van der Waals surface area contributed by atoms with E-state index in [0.717, 1.165) is 19.4 Å². The Bertz CT molecular complexity index is 519. The summed E-state index contributed by atoms with van der Waals surface area (Å²) in [4.78, 5) is 23.8. The Morgan fingerprint density at radius 2 is 1.91 bits per heavy atom. The van der Waals surface area contributed by atoms with Gasteiger partial charge in [0.05, 0.1) is 0 Å². The molecule has 1 saturated heterocycles. The van der Waals surface area contributed by atoms with Crippen molar-refractivity contribution in [2.45, 2.75) is 25.8 Å². The maximum Gasteiger partial charge on any atom is 0.251 e. The molecule has 1 aromatic carbocycles. The first-order chi connectivity index (χ1) is 10.6. The molecule has 1 aliphatic heterocycles. The Hall–Kier alpha value is -1.95. The maximum atomic E-state index is 12.8. The topological polar surface area (TPSA) is 70.2 Å². The lowest BCUT2D eigenvalue weighted by molar-refractivity contribution is -0.126. The lowest BCUT2D eigenvalue weighted by Crippen LogP contribution is -2.44. The van der Waals surface area contributed by atoms with Crippen LogP contribution in [0.1, 0.15) is 30.1 Å². The molecule has 1 fully saturated rings. The molecule has 120 valence electrons. The van der Waals surface area contributed by atoms with E-state index in [-0.39, 0.29) is 23.5 Å². The second-order valence-electron chi connectivity index (χ2n) is 5.63. The van der Waals surface area contributed by atoms with Gasteiger partial charge in [-0.2, -0.15) is 0 Å². The maximum absolute atomic E-state index is 12.8. The molecular weight excluding hydrogens is 285 g/mol. The molecule has 5 nitrogen and oxygen atoms in total. The number of hydrogen-bond acceptors (Lipinski definition) is 3. The van der Waals surface area contributed by atoms with E-state index in [1.54, 1.807) is 0 Å². The molecule has 1 aromatic rings. The first-order valence-electron chi connectivity index (χ1n) is 7.61. The fraction of sp³-hybridized carbons (Fsp3) is 0.500. The van der Waals surface area contributed by atoms with Gasteiger partial charge in [0.2, 0.25) is 5.91 Å². The third-order valence-corrected chi connectivity index (χ3v) is 3.81. The average Bonchev–Trinajstić information content (AvgIpc) is 2.51. The fourth-order valence-electron chi connectivity index (χ4n) is 2.58. The van der Waals surface area contributed by atoms with E-state index in [2.05, 4.69) is 22.9 Å². The standard InChI is InChI=1S/C16H22FN3O2/c1-11-10-13(6-7-18-11)16(22)20-9-8-19-15(21)12-2-4-14(17)5-3-12/h2-5,11,13,18H,6-10H2,1H3,(H,19,21)(H,20,22)/t11-,13-/m0/s1. The predicted octanol–water partition coefficient (Wildman–Crippen LogP) is 1.06. The Labute approximate surface area is 129 Å². The normalized spacial score (nSPS) is 21.2. The highest BCUT2D eigenvalue weighted by molar-refractivity contribution is 5.94. The van der Waals surface area contributed by atoms with Gasteiger partial charge in [-0.3, -0.25) is 9.59 Å². The van der Waals surface area contributed by atoms with Crippen molar-refractivity contribution < 1.29 is 14.0 Å². The molecule has 2 rings (SSSR count). The van der Waals surface area contributed by atoms with E-state index in [9.17, 15) is 14.0 Å². The number of carbonyl (C=O) groups is 2. The quantitative estimate of drug-likeness (QED) is 0.712. The molecule has 0 bridgehead atoms. The molecule has 0 saturated carbocycles. The summed E-state index contributed by atoms with van der Waals surface area (Å²) in [6.07, 6.45) is 1.69. The van der Waals surface area contributed by atoms with E-state index < -0.39 is 0 Å². The fourth-order valence-corrected chi connectivity index (χ4v) is 2.58. The van der Waals surface area contributed by atoms with Crippen molar-refractivity contribution in [3.63, 3.8) is 0 Å². The molecule has 0 spiro atoms. The lowest BCUT2D eigenvalue weighted by atomic mass is 9.92. The van der Waals surface area contributed by atoms with Gasteiger partial charge < -0.3 is 16.0 Å². The molecule has 1 heterocycles. The van der Waals surface area contributed by atoms with Gasteiger partial charge in [-0.25, -0.2) is 4.39 Å². The molecule has 2 amide bonds. The Morgan fingerprint density at radius 1 is 1.23 bits per heavy atom. The molecule has 1 aliphatic rings. The van der Waals surface area contributed by atoms with Gasteiger partial charge in [0.15, 0.2) is 0 Å². The summed E-state index contributed by atoms with van der Waals surface area (Å²) in [5, 5.41) is 8.85. The van der Waals surface area contributed by atoms with Gasteiger partial charge >= 0.3 is 0 Å². The van der Waals surface area contributed by atoms with Crippen LogP contribution < -0.4 is 16.0 Å². The zero-order chi connectivity index (χ0) is 15.9. The van der Waals surface area contributed by atoms with Crippen molar-refractivity contribution in [1.82, 2.24) is 16.0 Å². The first kappa shape index (κ1) is 16.4. The predicted molar refractivity (Wildman–Crippen MR) is 81.9 cm³/mol. The van der Waals surface area contributed by atoms with E-state index in [1.807, 2.05) is 0 Å². The molecule has 0 aliphatic carbocycles. The summed E-state index contributed by atoms with van der Waals surface area (Å²) in [6.45, 7) is 3.68. The molecule has 0 aromatic heterocycles. The van der Waals surface area contributed by atoms with Crippen LogP contribution in [-0.4, -0.2) is 37.5 Å². The third kappa shape index (κ3) is 4.80. The third-order valence-electron chi connectivity index (χ3n) is 3.81. The van der Waals surface area contributed by atoms with Crippen molar-refractivity contribution in [2.75, 3.05) is 19.6 Å². The van der Waals surface area contributed by atoms with Gasteiger partial charge in [-0.15, -0.1) is 0 Å². The van der Waals surface area contributed by atoms with Crippen molar-refractivity contribution in [1.29, 1.82) is 0 Å². The average molecular weight is 307 g/mol. The molecule has 22 heavy (non-hydrogen) atoms. The highest BCUT2D eigenvalue weighted by atomic mass is 19.1. The number of benzene rings is 1. The highest BCUT2D eigenvalue weighted by Crippen LogP contribution is 2.15. The SMILES string of the molecule is C[C@H]1C[C@@H](C(=O)NCCNC(=O)c2ccc(F)cc2)CCN1. The van der Waals surface area contributed by atoms with Crippen LogP contribution in [0.25, 0.3) is 0 Å². The molecule has 0 unspecified atom stereocenters. The molecular formula is C16H22FN3O2. The van der Waals surface area contributed by atoms with Crippen molar-refractivity contribution in [2.24, 2.45) is 5.92 Å². The van der Waals surface area contributed by atoms with E-state index >= 15 is 0 Å². The lowest BCUT2D eigenvalue weighted by Gasteiger charge is -2.27. The zero-order valence-corrected chi connectivity index (χ0v) is 12.7. The number of nitrogens with one attached hydrogen (secondary N) is 3. The summed E-state index contributed by atoms with van der Waals surface area (Å²) in [6, 6.07) is 5.71. The Morgan fingerprint density at radius 3 is 2.59 bits per heavy atom. The molecule has 2 atom stereocenters. The number of rotatable bonds is 5. The first-order valence-corrected chi connectivity index (χ1v) is 7.61. The van der Waals surface area contributed by atoms with Gasteiger partial charge in [0, 0.05) is 30.6 Å². The zero-order valence-electron chi connectivity index (χ0n) is 12.7. The van der Waals surface area contributed by atoms with Crippen LogP contribution in [-0.2, 0) is 4.79 Å². The second kappa shape index (κ2) is 7.89. The number of carbonyl (C=O) groups excluding carboxylic acids is 2. The van der Waals surface area contributed by atoms with Crippen LogP contribution in [0.15, 0.2) is 24.3 Å². The minimum atomic E-state index is -0.375. The van der Waals surface area contributed by atoms with Crippen LogP contribution in [0.2, 0.25) is 0 Å². The molecule has 6 heteroatoms. The highest BCUT2D eigenvalue weighted by Gasteiger charge is 2.24. The summed E-state index contributed by atoms with van der Waals surface area (Å²) >= 11 is 0. The Balaban J connectivity index is 1.67. The summed E-state index contributed by atoms with van der Waals surface area (Å²) in [7, 11) is 0. The van der Waals surface area contributed by atoms with Crippen LogP contribution in [0.4, 0.5) is 4.39 Å². The minimum Gasteiger partial charge on any atom is -0.354 e. The minimum absolute atomic E-state index is 0.0454. The monoisotopic (exact) mass is 307 g/mol. The summed E-state index contributed by atoms with van der Waals surface area (Å²) in [5.74, 6) is -0.557. The van der Waals surface area contributed by atoms with E-state index in [4.69, 9.17) is 0 Å². The second-order valence-corrected chi connectivity index (χ2v) is 5.63. The largest absolute Gasteiger partial charge is 0.354 e. The van der Waals surface area contributed by atoms with Crippen molar-refractivity contribution in [3.05, 3.63) is 35.6 Å². The van der Waals surface area contributed by atoms with Crippen LogP contribution in [0, 0.1) is 11.7 Å². The van der Waals surface area contributed by atoms with Gasteiger partial charge in [-0.05, 0) is 50.6 Å². The number of amides is 2. The Kier molecular flexibility index (Phi) is 5.89. The van der Waals surface area contributed by atoms with E-state index in [0.29, 0.717) is 24.7 Å². The van der Waals surface area contributed by atoms with Crippen molar-refractivity contribution in [3.8, 4) is 0 Å². The van der Waals surface area contributed by atoms with Gasteiger partial charge in [0.1, 0.15) is 5.82 Å². The molecule has 3 N–H and O–H groups in total. The summed E-state index contributed by atoms with van der Waals surface area (Å²) in [5.41, 5.74) is 0.403.